The third-order valence-electron chi connectivity index (χ3n) is 4.37. The summed E-state index contributed by atoms with van der Waals surface area (Å²) in [5, 5.41) is 9.20. The van der Waals surface area contributed by atoms with Gasteiger partial charge in [-0.05, 0) is 50.5 Å². The van der Waals surface area contributed by atoms with Crippen molar-refractivity contribution in [2.24, 2.45) is 0 Å². The van der Waals surface area contributed by atoms with E-state index >= 15 is 0 Å². The van der Waals surface area contributed by atoms with Crippen LogP contribution in [0.25, 0.3) is 0 Å². The number of ether oxygens (including phenoxy) is 1. The molecular weight excluding hydrogens is 322 g/mol. The topological polar surface area (TPSA) is 80.0 Å². The van der Waals surface area contributed by atoms with Crippen LogP contribution in [0, 0.1) is 13.8 Å². The van der Waals surface area contributed by atoms with E-state index in [2.05, 4.69) is 0 Å². The molecule has 6 nitrogen and oxygen atoms in total. The van der Waals surface area contributed by atoms with E-state index in [0.29, 0.717) is 25.1 Å². The molecule has 1 atom stereocenters. The Morgan fingerprint density at radius 3 is 2.80 bits per heavy atom. The first kappa shape index (κ1) is 17.1. The molecule has 132 valence electrons. The summed E-state index contributed by atoms with van der Waals surface area (Å²) in [7, 11) is 0. The van der Waals surface area contributed by atoms with Crippen molar-refractivity contribution in [3.8, 4) is 5.75 Å². The molecule has 1 unspecified atom stereocenters. The highest BCUT2D eigenvalue weighted by molar-refractivity contribution is 5.94. The van der Waals surface area contributed by atoms with Crippen molar-refractivity contribution in [2.75, 3.05) is 6.54 Å². The lowest BCUT2D eigenvalue weighted by molar-refractivity contribution is -0.141. The molecule has 0 radical (unpaired) electrons. The van der Waals surface area contributed by atoms with Crippen molar-refractivity contribution < 1.29 is 23.8 Å². The SMILES string of the molecule is Cc1ccc(OCc2ccc(C(=O)N3CCCC3C(=O)O)o2)c(C)c1. The van der Waals surface area contributed by atoms with Crippen molar-refractivity contribution in [3.63, 3.8) is 0 Å². The fourth-order valence-corrected chi connectivity index (χ4v) is 3.09. The number of aliphatic carboxylic acids is 1. The molecule has 0 aliphatic carbocycles. The minimum absolute atomic E-state index is 0.146. The van der Waals surface area contributed by atoms with Crippen LogP contribution in [0.4, 0.5) is 0 Å². The van der Waals surface area contributed by atoms with E-state index in [4.69, 9.17) is 9.15 Å². The number of furan rings is 1. The Morgan fingerprint density at radius 1 is 1.28 bits per heavy atom. The van der Waals surface area contributed by atoms with Crippen molar-refractivity contribution >= 4 is 11.9 Å². The number of rotatable bonds is 5. The molecule has 6 heteroatoms. The second-order valence-electron chi connectivity index (χ2n) is 6.32. The maximum Gasteiger partial charge on any atom is 0.326 e. The summed E-state index contributed by atoms with van der Waals surface area (Å²) in [4.78, 5) is 25.0. The number of hydrogen-bond acceptors (Lipinski definition) is 4. The normalized spacial score (nSPS) is 16.9. The summed E-state index contributed by atoms with van der Waals surface area (Å²) in [5.41, 5.74) is 2.19. The molecule has 1 fully saturated rings. The summed E-state index contributed by atoms with van der Waals surface area (Å²) in [6, 6.07) is 8.39. The second-order valence-corrected chi connectivity index (χ2v) is 6.32. The highest BCUT2D eigenvalue weighted by Gasteiger charge is 2.35. The van der Waals surface area contributed by atoms with E-state index in [1.807, 2.05) is 32.0 Å². The second kappa shape index (κ2) is 7.01. The highest BCUT2D eigenvalue weighted by atomic mass is 16.5. The zero-order valence-electron chi connectivity index (χ0n) is 14.3. The largest absolute Gasteiger partial charge is 0.485 e. The Bertz CT molecular complexity index is 795. The van der Waals surface area contributed by atoms with Gasteiger partial charge in [-0.1, -0.05) is 17.7 Å². The maximum atomic E-state index is 12.5. The average molecular weight is 343 g/mol. The number of carbonyl (C=O) groups excluding carboxylic acids is 1. The van der Waals surface area contributed by atoms with Crippen LogP contribution in [0.1, 0.15) is 40.3 Å². The third-order valence-corrected chi connectivity index (χ3v) is 4.37. The van der Waals surface area contributed by atoms with E-state index in [9.17, 15) is 14.7 Å². The van der Waals surface area contributed by atoms with Gasteiger partial charge in [0.1, 0.15) is 24.2 Å². The van der Waals surface area contributed by atoms with Crippen LogP contribution in [0.15, 0.2) is 34.7 Å². The first-order valence-electron chi connectivity index (χ1n) is 8.28. The molecule has 1 amide bonds. The standard InChI is InChI=1S/C19H21NO5/c1-12-5-7-16(13(2)10-12)24-11-14-6-8-17(25-14)18(21)20-9-3-4-15(20)19(22)23/h5-8,10,15H,3-4,9,11H2,1-2H3,(H,22,23). The number of benzene rings is 1. The maximum absolute atomic E-state index is 12.5. The first-order valence-corrected chi connectivity index (χ1v) is 8.28. The van der Waals surface area contributed by atoms with E-state index in [-0.39, 0.29) is 18.3 Å². The molecule has 0 bridgehead atoms. The highest BCUT2D eigenvalue weighted by Crippen LogP contribution is 2.23. The summed E-state index contributed by atoms with van der Waals surface area (Å²) in [6.45, 7) is 4.63. The molecule has 0 spiro atoms. The van der Waals surface area contributed by atoms with Crippen LogP contribution < -0.4 is 4.74 Å². The van der Waals surface area contributed by atoms with E-state index in [0.717, 1.165) is 16.9 Å². The van der Waals surface area contributed by atoms with Gasteiger partial charge >= 0.3 is 5.97 Å². The van der Waals surface area contributed by atoms with Crippen LogP contribution in [0.3, 0.4) is 0 Å². The quantitative estimate of drug-likeness (QED) is 0.902. The minimum atomic E-state index is -0.976. The van der Waals surface area contributed by atoms with E-state index in [1.54, 1.807) is 12.1 Å². The van der Waals surface area contributed by atoms with Crippen LogP contribution in [-0.2, 0) is 11.4 Å². The van der Waals surface area contributed by atoms with Gasteiger partial charge in [-0.3, -0.25) is 4.79 Å². The number of aryl methyl sites for hydroxylation is 2. The molecule has 1 N–H and O–H groups in total. The van der Waals surface area contributed by atoms with Gasteiger partial charge in [-0.2, -0.15) is 0 Å². The number of carboxylic acid groups (broad SMARTS) is 1. The van der Waals surface area contributed by atoms with Gasteiger partial charge in [0.25, 0.3) is 5.91 Å². The zero-order chi connectivity index (χ0) is 18.0. The Morgan fingerprint density at radius 2 is 2.08 bits per heavy atom. The smallest absolute Gasteiger partial charge is 0.326 e. The number of amides is 1. The number of carboxylic acids is 1. The fraction of sp³-hybridized carbons (Fsp3) is 0.368. The lowest BCUT2D eigenvalue weighted by Gasteiger charge is -2.19. The summed E-state index contributed by atoms with van der Waals surface area (Å²) >= 11 is 0. The molecule has 25 heavy (non-hydrogen) atoms. The molecule has 2 heterocycles. The lowest BCUT2D eigenvalue weighted by Crippen LogP contribution is -2.40. The number of hydrogen-bond donors (Lipinski definition) is 1. The minimum Gasteiger partial charge on any atom is -0.485 e. The number of likely N-dealkylation sites (tertiary alicyclic amines) is 1. The van der Waals surface area contributed by atoms with Crippen LogP contribution in [-0.4, -0.2) is 34.5 Å². The van der Waals surface area contributed by atoms with Gasteiger partial charge in [0, 0.05) is 6.54 Å². The molecule has 2 aromatic rings. The van der Waals surface area contributed by atoms with Gasteiger partial charge in [0.05, 0.1) is 0 Å². The average Bonchev–Trinajstić information content (AvgIpc) is 3.23. The number of carbonyl (C=O) groups is 2. The summed E-state index contributed by atoms with van der Waals surface area (Å²) < 4.78 is 11.3. The van der Waals surface area contributed by atoms with E-state index in [1.165, 1.54) is 4.90 Å². The van der Waals surface area contributed by atoms with Gasteiger partial charge in [-0.15, -0.1) is 0 Å². The molecule has 1 saturated heterocycles. The van der Waals surface area contributed by atoms with Crippen molar-refractivity contribution in [2.45, 2.75) is 39.3 Å². The monoisotopic (exact) mass is 343 g/mol. The lowest BCUT2D eigenvalue weighted by atomic mass is 10.1. The zero-order valence-corrected chi connectivity index (χ0v) is 14.3. The molecule has 0 saturated carbocycles. The Hall–Kier alpha value is -2.76. The predicted molar refractivity (Wildman–Crippen MR) is 90.7 cm³/mol. The third kappa shape index (κ3) is 3.68. The van der Waals surface area contributed by atoms with Gasteiger partial charge < -0.3 is 19.2 Å². The van der Waals surface area contributed by atoms with Gasteiger partial charge in [0.15, 0.2) is 5.76 Å². The Kier molecular flexibility index (Phi) is 4.79. The molecule has 1 aromatic heterocycles. The Balaban J connectivity index is 1.66. The van der Waals surface area contributed by atoms with E-state index < -0.39 is 12.0 Å². The number of nitrogens with zero attached hydrogens (tertiary/aromatic N) is 1. The Labute approximate surface area is 146 Å². The predicted octanol–water partition coefficient (Wildman–Crippen LogP) is 3.16. The van der Waals surface area contributed by atoms with Crippen LogP contribution in [0.5, 0.6) is 5.75 Å². The first-order chi connectivity index (χ1) is 12.0. The molecule has 1 aliphatic heterocycles. The van der Waals surface area contributed by atoms with Crippen LogP contribution in [0.2, 0.25) is 0 Å². The fourth-order valence-electron chi connectivity index (χ4n) is 3.09. The molecule has 1 aliphatic rings. The van der Waals surface area contributed by atoms with Gasteiger partial charge in [-0.25, -0.2) is 4.79 Å². The molecule has 1 aromatic carbocycles. The molecular formula is C19H21NO5. The summed E-state index contributed by atoms with van der Waals surface area (Å²) in [5.74, 6) is 0.0700. The van der Waals surface area contributed by atoms with Crippen molar-refractivity contribution in [3.05, 3.63) is 53.0 Å². The van der Waals surface area contributed by atoms with Crippen LogP contribution >= 0.6 is 0 Å². The molecule has 3 rings (SSSR count). The van der Waals surface area contributed by atoms with Crippen molar-refractivity contribution in [1.82, 2.24) is 4.90 Å². The van der Waals surface area contributed by atoms with Gasteiger partial charge in [0.2, 0.25) is 0 Å². The van der Waals surface area contributed by atoms with Crippen molar-refractivity contribution in [1.29, 1.82) is 0 Å². The summed E-state index contributed by atoms with van der Waals surface area (Å²) in [6.07, 6.45) is 1.16.